The highest BCUT2D eigenvalue weighted by atomic mass is 16.3. The van der Waals surface area contributed by atoms with Crippen molar-refractivity contribution in [2.75, 3.05) is 6.61 Å². The third-order valence-corrected chi connectivity index (χ3v) is 2.85. The smallest absolute Gasteiger partial charge is 0.189 e. The van der Waals surface area contributed by atoms with Gasteiger partial charge >= 0.3 is 0 Å². The molecule has 0 atom stereocenters. The minimum atomic E-state index is -0.0305. The first-order chi connectivity index (χ1) is 9.31. The van der Waals surface area contributed by atoms with Crippen LogP contribution in [0.4, 0.5) is 0 Å². The second-order valence-electron chi connectivity index (χ2n) is 4.25. The largest absolute Gasteiger partial charge is 0.396 e. The Kier molecular flexibility index (Phi) is 4.65. The first kappa shape index (κ1) is 13.2. The molecule has 0 heterocycles. The third-order valence-electron chi connectivity index (χ3n) is 2.85. The van der Waals surface area contributed by atoms with E-state index in [1.165, 1.54) is 0 Å². The van der Waals surface area contributed by atoms with Crippen LogP contribution in [0, 0.1) is 0 Å². The second kappa shape index (κ2) is 6.66. The SMILES string of the molecule is O=C(/C(=C/c1ccccc1)CCO)c1ccccc1. The minimum Gasteiger partial charge on any atom is -0.396 e. The van der Waals surface area contributed by atoms with E-state index < -0.39 is 0 Å². The number of aliphatic hydroxyl groups is 1. The van der Waals surface area contributed by atoms with Gasteiger partial charge in [-0.3, -0.25) is 4.79 Å². The van der Waals surface area contributed by atoms with Crippen molar-refractivity contribution in [1.29, 1.82) is 0 Å². The maximum atomic E-state index is 12.4. The molecule has 0 radical (unpaired) electrons. The first-order valence-corrected chi connectivity index (χ1v) is 6.27. The Morgan fingerprint density at radius 1 is 0.947 bits per heavy atom. The molecule has 0 aromatic heterocycles. The van der Waals surface area contributed by atoms with E-state index in [1.54, 1.807) is 12.1 Å². The van der Waals surface area contributed by atoms with Crippen LogP contribution in [0.15, 0.2) is 66.2 Å². The number of hydrogen-bond acceptors (Lipinski definition) is 2. The lowest BCUT2D eigenvalue weighted by atomic mass is 9.99. The molecule has 2 rings (SSSR count). The molecule has 0 spiro atoms. The van der Waals surface area contributed by atoms with Gasteiger partial charge in [-0.15, -0.1) is 0 Å². The Hall–Kier alpha value is -2.19. The minimum absolute atomic E-state index is 0.0292. The zero-order chi connectivity index (χ0) is 13.5. The monoisotopic (exact) mass is 252 g/mol. The Morgan fingerprint density at radius 2 is 1.53 bits per heavy atom. The molecule has 0 amide bonds. The molecular formula is C17H16O2. The first-order valence-electron chi connectivity index (χ1n) is 6.27. The van der Waals surface area contributed by atoms with Crippen LogP contribution in [0.25, 0.3) is 6.08 Å². The molecule has 0 saturated carbocycles. The van der Waals surface area contributed by atoms with Crippen LogP contribution in [0.1, 0.15) is 22.3 Å². The molecular weight excluding hydrogens is 236 g/mol. The topological polar surface area (TPSA) is 37.3 Å². The summed E-state index contributed by atoms with van der Waals surface area (Å²) in [5.74, 6) is -0.0292. The summed E-state index contributed by atoms with van der Waals surface area (Å²) in [5, 5.41) is 9.12. The zero-order valence-corrected chi connectivity index (χ0v) is 10.6. The fourth-order valence-electron chi connectivity index (χ4n) is 1.90. The summed E-state index contributed by atoms with van der Waals surface area (Å²) in [6.45, 7) is -0.0305. The van der Waals surface area contributed by atoms with Crippen LogP contribution in [-0.2, 0) is 0 Å². The summed E-state index contributed by atoms with van der Waals surface area (Å²) < 4.78 is 0. The van der Waals surface area contributed by atoms with Gasteiger partial charge in [-0.2, -0.15) is 0 Å². The summed E-state index contributed by atoms with van der Waals surface area (Å²) in [4.78, 5) is 12.4. The standard InChI is InChI=1S/C17H16O2/c18-12-11-16(13-14-7-3-1-4-8-14)17(19)15-9-5-2-6-10-15/h1-10,13,18H,11-12H2/b16-13+. The van der Waals surface area contributed by atoms with E-state index in [1.807, 2.05) is 54.6 Å². The molecule has 0 unspecified atom stereocenters. The molecule has 0 saturated heterocycles. The second-order valence-corrected chi connectivity index (χ2v) is 4.25. The van der Waals surface area contributed by atoms with Gasteiger partial charge in [0.05, 0.1) is 0 Å². The number of hydrogen-bond donors (Lipinski definition) is 1. The van der Waals surface area contributed by atoms with Gasteiger partial charge in [0.1, 0.15) is 0 Å². The summed E-state index contributed by atoms with van der Waals surface area (Å²) >= 11 is 0. The van der Waals surface area contributed by atoms with Crippen molar-refractivity contribution in [3.05, 3.63) is 77.4 Å². The summed E-state index contributed by atoms with van der Waals surface area (Å²) in [6, 6.07) is 18.8. The summed E-state index contributed by atoms with van der Waals surface area (Å²) in [7, 11) is 0. The van der Waals surface area contributed by atoms with Crippen molar-refractivity contribution in [1.82, 2.24) is 0 Å². The van der Waals surface area contributed by atoms with Crippen molar-refractivity contribution in [3.63, 3.8) is 0 Å². The van der Waals surface area contributed by atoms with Crippen molar-refractivity contribution >= 4 is 11.9 Å². The van der Waals surface area contributed by atoms with E-state index in [0.717, 1.165) is 5.56 Å². The van der Waals surface area contributed by atoms with Crippen molar-refractivity contribution < 1.29 is 9.90 Å². The van der Waals surface area contributed by atoms with E-state index in [0.29, 0.717) is 17.6 Å². The highest BCUT2D eigenvalue weighted by molar-refractivity contribution is 6.11. The molecule has 2 aromatic carbocycles. The van der Waals surface area contributed by atoms with Crippen LogP contribution in [0.2, 0.25) is 0 Å². The normalized spacial score (nSPS) is 11.3. The number of aliphatic hydroxyl groups excluding tert-OH is 1. The van der Waals surface area contributed by atoms with Crippen LogP contribution in [0.3, 0.4) is 0 Å². The zero-order valence-electron chi connectivity index (χ0n) is 10.6. The van der Waals surface area contributed by atoms with E-state index in [4.69, 9.17) is 5.11 Å². The molecule has 1 N–H and O–H groups in total. The summed E-state index contributed by atoms with van der Waals surface area (Å²) in [5.41, 5.74) is 2.24. The number of rotatable bonds is 5. The maximum Gasteiger partial charge on any atom is 0.189 e. The Bertz CT molecular complexity index is 556. The van der Waals surface area contributed by atoms with Gasteiger partial charge in [-0.1, -0.05) is 60.7 Å². The number of benzene rings is 2. The predicted molar refractivity (Wildman–Crippen MR) is 76.9 cm³/mol. The van der Waals surface area contributed by atoms with Gasteiger partial charge in [0, 0.05) is 17.7 Å². The predicted octanol–water partition coefficient (Wildman–Crippen LogP) is 3.34. The molecule has 0 fully saturated rings. The van der Waals surface area contributed by atoms with Crippen molar-refractivity contribution in [2.24, 2.45) is 0 Å². The molecule has 0 aliphatic rings. The summed E-state index contributed by atoms with van der Waals surface area (Å²) in [6.07, 6.45) is 2.20. The Labute approximate surface area is 113 Å². The molecule has 2 heteroatoms. The van der Waals surface area contributed by atoms with Crippen LogP contribution < -0.4 is 0 Å². The molecule has 2 nitrogen and oxygen atoms in total. The lowest BCUT2D eigenvalue weighted by Gasteiger charge is -2.05. The van der Waals surface area contributed by atoms with E-state index in [-0.39, 0.29) is 12.4 Å². The number of carbonyl (C=O) groups is 1. The average Bonchev–Trinajstić information content (AvgIpc) is 2.48. The molecule has 96 valence electrons. The lowest BCUT2D eigenvalue weighted by Crippen LogP contribution is -2.05. The third kappa shape index (κ3) is 3.63. The maximum absolute atomic E-state index is 12.4. The van der Waals surface area contributed by atoms with Gasteiger partial charge in [-0.25, -0.2) is 0 Å². The number of Topliss-reactive ketones (excluding diaryl/α,β-unsaturated/α-hetero) is 1. The lowest BCUT2D eigenvalue weighted by molar-refractivity contribution is 0.102. The molecule has 2 aromatic rings. The van der Waals surface area contributed by atoms with E-state index in [2.05, 4.69) is 0 Å². The average molecular weight is 252 g/mol. The number of ketones is 1. The molecule has 0 aliphatic heterocycles. The fourth-order valence-corrected chi connectivity index (χ4v) is 1.90. The fraction of sp³-hybridized carbons (Fsp3) is 0.118. The highest BCUT2D eigenvalue weighted by Crippen LogP contribution is 2.15. The van der Waals surface area contributed by atoms with Gasteiger partial charge in [0.25, 0.3) is 0 Å². The van der Waals surface area contributed by atoms with Crippen molar-refractivity contribution in [2.45, 2.75) is 6.42 Å². The molecule has 0 aliphatic carbocycles. The van der Waals surface area contributed by atoms with Crippen molar-refractivity contribution in [3.8, 4) is 0 Å². The molecule has 0 bridgehead atoms. The molecule has 19 heavy (non-hydrogen) atoms. The van der Waals surface area contributed by atoms with E-state index in [9.17, 15) is 4.79 Å². The van der Waals surface area contributed by atoms with E-state index >= 15 is 0 Å². The van der Waals surface area contributed by atoms with Gasteiger partial charge in [-0.05, 0) is 18.1 Å². The van der Waals surface area contributed by atoms with Crippen LogP contribution in [0.5, 0.6) is 0 Å². The highest BCUT2D eigenvalue weighted by Gasteiger charge is 2.11. The van der Waals surface area contributed by atoms with Crippen LogP contribution >= 0.6 is 0 Å². The van der Waals surface area contributed by atoms with Crippen LogP contribution in [-0.4, -0.2) is 17.5 Å². The van der Waals surface area contributed by atoms with Gasteiger partial charge in [0.2, 0.25) is 0 Å². The Morgan fingerprint density at radius 3 is 2.11 bits per heavy atom. The Balaban J connectivity index is 2.31. The van der Waals surface area contributed by atoms with Gasteiger partial charge in [0.15, 0.2) is 5.78 Å². The van der Waals surface area contributed by atoms with Gasteiger partial charge < -0.3 is 5.11 Å². The number of carbonyl (C=O) groups excluding carboxylic acids is 1. The quantitative estimate of drug-likeness (QED) is 0.654.